The van der Waals surface area contributed by atoms with Gasteiger partial charge in [0.25, 0.3) is 0 Å². The van der Waals surface area contributed by atoms with Crippen molar-refractivity contribution in [3.8, 4) is 6.07 Å². The van der Waals surface area contributed by atoms with Crippen molar-refractivity contribution in [3.05, 3.63) is 104 Å². The third kappa shape index (κ3) is 5.25. The van der Waals surface area contributed by atoms with Crippen molar-refractivity contribution in [1.29, 1.82) is 5.26 Å². The Labute approximate surface area is 237 Å². The molecule has 4 N–H and O–H groups in total. The lowest BCUT2D eigenvalue weighted by Crippen LogP contribution is -2.35. The molecular formula is C26H18Cl4FN7. The van der Waals surface area contributed by atoms with Crippen LogP contribution < -0.4 is 21.6 Å². The Morgan fingerprint density at radius 1 is 0.974 bits per heavy atom. The summed E-state index contributed by atoms with van der Waals surface area (Å²) in [6, 6.07) is 14.9. The van der Waals surface area contributed by atoms with E-state index < -0.39 is 5.82 Å². The maximum atomic E-state index is 13.7. The summed E-state index contributed by atoms with van der Waals surface area (Å²) in [6.07, 6.45) is 3.32. The van der Waals surface area contributed by atoms with Gasteiger partial charge in [0.05, 0.1) is 48.6 Å². The standard InChI is InChI=1S/C26H18Cl4FN7/c1-38-12-23(36-37-38)25(13-2-4-18(27)19(28)6-13)35-16-7-17-24(34-15-3-5-22(31)20(29)8-15)14(10-32)11-33-26(17)21(30)9-16/h2-9,11-12,25,35-37H,1H3,(H,33,34). The van der Waals surface area contributed by atoms with Crippen LogP contribution >= 0.6 is 46.4 Å². The Kier molecular flexibility index (Phi) is 7.39. The molecule has 0 aliphatic carbocycles. The molecule has 5 rings (SSSR count). The first-order valence-corrected chi connectivity index (χ1v) is 12.7. The Hall–Kier alpha value is -3.45. The quantitative estimate of drug-likeness (QED) is 0.185. The van der Waals surface area contributed by atoms with Crippen LogP contribution in [0, 0.1) is 17.1 Å². The first-order chi connectivity index (χ1) is 18.2. The minimum absolute atomic E-state index is 0.0485. The topological polar surface area (TPSA) is 88.0 Å². The van der Waals surface area contributed by atoms with E-state index in [2.05, 4.69) is 32.6 Å². The molecule has 0 radical (unpaired) electrons. The Morgan fingerprint density at radius 2 is 1.76 bits per heavy atom. The molecule has 12 heteroatoms. The van der Waals surface area contributed by atoms with Gasteiger partial charge in [-0.05, 0) is 48.0 Å². The summed E-state index contributed by atoms with van der Waals surface area (Å²) in [5.74, 6) is -0.546. The largest absolute Gasteiger partial charge is 0.373 e. The Morgan fingerprint density at radius 3 is 2.45 bits per heavy atom. The predicted octanol–water partition coefficient (Wildman–Crippen LogP) is 7.55. The first kappa shape index (κ1) is 26.2. The van der Waals surface area contributed by atoms with Crippen LogP contribution in [0.15, 0.2) is 66.6 Å². The van der Waals surface area contributed by atoms with Gasteiger partial charge in [0, 0.05) is 36.2 Å². The van der Waals surface area contributed by atoms with Crippen molar-refractivity contribution in [2.24, 2.45) is 0 Å². The van der Waals surface area contributed by atoms with Crippen molar-refractivity contribution < 1.29 is 4.39 Å². The highest BCUT2D eigenvalue weighted by atomic mass is 35.5. The van der Waals surface area contributed by atoms with Crippen molar-refractivity contribution in [3.63, 3.8) is 0 Å². The minimum Gasteiger partial charge on any atom is -0.373 e. The molecular weight excluding hydrogens is 571 g/mol. The Bertz CT molecular complexity index is 1640. The summed E-state index contributed by atoms with van der Waals surface area (Å²) in [5.41, 5.74) is 10.2. The number of fused-ring (bicyclic) bond motifs is 1. The van der Waals surface area contributed by atoms with Crippen LogP contribution in [0.5, 0.6) is 0 Å². The average molecular weight is 589 g/mol. The molecule has 0 amide bonds. The van der Waals surface area contributed by atoms with Gasteiger partial charge in [-0.25, -0.2) is 4.39 Å². The molecule has 1 unspecified atom stereocenters. The number of halogens is 5. The molecule has 192 valence electrons. The molecule has 2 heterocycles. The predicted molar refractivity (Wildman–Crippen MR) is 151 cm³/mol. The zero-order chi connectivity index (χ0) is 27.0. The van der Waals surface area contributed by atoms with Crippen LogP contribution in [0.2, 0.25) is 20.1 Å². The van der Waals surface area contributed by atoms with Gasteiger partial charge in [-0.3, -0.25) is 9.99 Å². The first-order valence-electron chi connectivity index (χ1n) is 11.2. The summed E-state index contributed by atoms with van der Waals surface area (Å²) >= 11 is 25.1. The molecule has 0 fully saturated rings. The maximum absolute atomic E-state index is 13.7. The number of benzene rings is 3. The van der Waals surface area contributed by atoms with Crippen LogP contribution in [0.4, 0.5) is 21.5 Å². The third-order valence-corrected chi connectivity index (χ3v) is 7.16. The average Bonchev–Trinajstić information content (AvgIpc) is 3.32. The molecule has 0 saturated heterocycles. The number of hydrazine groups is 2. The van der Waals surface area contributed by atoms with Gasteiger partial charge in [-0.15, -0.1) is 5.53 Å². The number of rotatable bonds is 6. The molecule has 3 aromatic carbocycles. The number of aromatic nitrogens is 1. The van der Waals surface area contributed by atoms with Crippen LogP contribution in [0.1, 0.15) is 17.2 Å². The van der Waals surface area contributed by atoms with E-state index in [1.54, 1.807) is 23.2 Å². The number of nitrogens with zero attached hydrogens (tertiary/aromatic N) is 3. The fourth-order valence-corrected chi connectivity index (χ4v) is 4.81. The van der Waals surface area contributed by atoms with Gasteiger partial charge in [0.1, 0.15) is 11.9 Å². The zero-order valence-corrected chi connectivity index (χ0v) is 22.6. The van der Waals surface area contributed by atoms with Crippen molar-refractivity contribution in [1.82, 2.24) is 21.0 Å². The van der Waals surface area contributed by atoms with Gasteiger partial charge in [-0.2, -0.15) is 5.26 Å². The van der Waals surface area contributed by atoms with E-state index in [9.17, 15) is 9.65 Å². The molecule has 4 aromatic rings. The van der Waals surface area contributed by atoms with Crippen molar-refractivity contribution >= 4 is 74.4 Å². The molecule has 1 atom stereocenters. The fourth-order valence-electron chi connectivity index (χ4n) is 4.05. The zero-order valence-electron chi connectivity index (χ0n) is 19.6. The van der Waals surface area contributed by atoms with E-state index in [1.807, 2.05) is 25.4 Å². The van der Waals surface area contributed by atoms with E-state index in [-0.39, 0.29) is 16.6 Å². The van der Waals surface area contributed by atoms with Crippen LogP contribution in [0.3, 0.4) is 0 Å². The number of hydrogen-bond donors (Lipinski definition) is 4. The lowest BCUT2D eigenvalue weighted by atomic mass is 10.0. The molecule has 0 saturated carbocycles. The SMILES string of the molecule is CN1C=C(C(Nc2cc(Cl)c3ncc(C#N)c(Nc4ccc(F)c(Cl)c4)c3c2)c2ccc(Cl)c(Cl)c2)NN1. The second-order valence-corrected chi connectivity index (χ2v) is 10.1. The monoisotopic (exact) mass is 587 g/mol. The molecule has 0 bridgehead atoms. The number of anilines is 3. The summed E-state index contributed by atoms with van der Waals surface area (Å²) in [6.45, 7) is 0. The summed E-state index contributed by atoms with van der Waals surface area (Å²) in [7, 11) is 1.85. The summed E-state index contributed by atoms with van der Waals surface area (Å²) in [4.78, 5) is 4.39. The minimum atomic E-state index is -0.546. The molecule has 1 aliphatic rings. The number of hydrogen-bond acceptors (Lipinski definition) is 7. The van der Waals surface area contributed by atoms with E-state index in [0.29, 0.717) is 43.0 Å². The van der Waals surface area contributed by atoms with Gasteiger partial charge >= 0.3 is 0 Å². The second kappa shape index (κ2) is 10.7. The molecule has 7 nitrogen and oxygen atoms in total. The molecule has 0 spiro atoms. The number of nitrogens with one attached hydrogen (secondary N) is 4. The smallest absolute Gasteiger partial charge is 0.141 e. The Balaban J connectivity index is 1.61. The van der Waals surface area contributed by atoms with E-state index in [1.165, 1.54) is 24.4 Å². The second-order valence-electron chi connectivity index (χ2n) is 8.45. The van der Waals surface area contributed by atoms with Crippen molar-refractivity contribution in [2.45, 2.75) is 6.04 Å². The summed E-state index contributed by atoms with van der Waals surface area (Å²) < 4.78 is 13.7. The summed E-state index contributed by atoms with van der Waals surface area (Å²) in [5, 5.41) is 20.0. The highest BCUT2D eigenvalue weighted by Crippen LogP contribution is 2.38. The maximum Gasteiger partial charge on any atom is 0.141 e. The van der Waals surface area contributed by atoms with Crippen molar-refractivity contribution in [2.75, 3.05) is 17.7 Å². The highest BCUT2D eigenvalue weighted by molar-refractivity contribution is 6.42. The van der Waals surface area contributed by atoms with E-state index in [4.69, 9.17) is 46.4 Å². The highest BCUT2D eigenvalue weighted by Gasteiger charge is 2.23. The van der Waals surface area contributed by atoms with E-state index >= 15 is 0 Å². The van der Waals surface area contributed by atoms with Gasteiger partial charge in [-0.1, -0.05) is 52.5 Å². The number of nitriles is 1. The molecule has 1 aromatic heterocycles. The van der Waals surface area contributed by atoms with Gasteiger partial charge < -0.3 is 16.1 Å². The van der Waals surface area contributed by atoms with Gasteiger partial charge in [0.15, 0.2) is 0 Å². The van der Waals surface area contributed by atoms with E-state index in [0.717, 1.165) is 11.3 Å². The normalized spacial score (nSPS) is 13.6. The molecule has 38 heavy (non-hydrogen) atoms. The lowest BCUT2D eigenvalue weighted by Gasteiger charge is -2.23. The van der Waals surface area contributed by atoms with Crippen LogP contribution in [0.25, 0.3) is 10.9 Å². The number of pyridine rings is 1. The third-order valence-electron chi connectivity index (χ3n) is 5.84. The van der Waals surface area contributed by atoms with Gasteiger partial charge in [0.2, 0.25) is 0 Å². The van der Waals surface area contributed by atoms with Crippen LogP contribution in [-0.4, -0.2) is 17.0 Å². The molecule has 1 aliphatic heterocycles. The lowest BCUT2D eigenvalue weighted by molar-refractivity contribution is 0.326. The fraction of sp³-hybridized carbons (Fsp3) is 0.0769. The van der Waals surface area contributed by atoms with Crippen LogP contribution in [-0.2, 0) is 0 Å².